The number of nitrogens with zero attached hydrogens (tertiary/aromatic N) is 1. The lowest BCUT2D eigenvalue weighted by Gasteiger charge is -2.38. The molecule has 5 aromatic carbocycles. The Hall–Kier alpha value is -4.07. The number of hydrogen-bond donors (Lipinski definition) is 2. The number of aliphatic hydroxyl groups excluding tert-OH is 1. The maximum absolute atomic E-state index is 12.6. The van der Waals surface area contributed by atoms with Gasteiger partial charge in [-0.2, -0.15) is 0 Å². The lowest BCUT2D eigenvalue weighted by Crippen LogP contribution is -2.37. The van der Waals surface area contributed by atoms with Crippen molar-refractivity contribution < 1.29 is 19.4 Å². The molecule has 1 heterocycles. The molecule has 6 rings (SSSR count). The maximum Gasteiger partial charge on any atom is 0.220 e. The standard InChI is InChI=1S/C51H66N2O4/c1-3-4-5-6-7-8-9-10-11-12-13-14-15-24-50(55)52-35-39-25-31-42(32-26-39)51-56-45(34-49(57-51)41-29-27-40(38-54)28-30-41)36-53(2)37-48-46-22-18-16-20-43(46)33-44-21-17-19-23-47(44)48/h16-23,25-33,45,49,51,54H,3-15,24,34-38H2,1-2H3,(H,52,55)/t45-,49+,51?/m0/s1. The summed E-state index contributed by atoms with van der Waals surface area (Å²) in [6.45, 7) is 4.34. The largest absolute Gasteiger partial charge is 0.392 e. The zero-order chi connectivity index (χ0) is 39.7. The van der Waals surface area contributed by atoms with E-state index in [2.05, 4.69) is 115 Å². The second-order valence-electron chi connectivity index (χ2n) is 16.4. The first-order valence-electron chi connectivity index (χ1n) is 21.9. The van der Waals surface area contributed by atoms with Crippen LogP contribution in [0, 0.1) is 0 Å². The Balaban J connectivity index is 0.997. The molecule has 1 unspecified atom stereocenters. The monoisotopic (exact) mass is 771 g/mol. The molecule has 0 aromatic heterocycles. The average Bonchev–Trinajstić information content (AvgIpc) is 3.24. The van der Waals surface area contributed by atoms with Crippen LogP contribution in [0.25, 0.3) is 21.5 Å². The fraction of sp³-hybridized carbons (Fsp3) is 0.471. The van der Waals surface area contributed by atoms with Gasteiger partial charge in [0.1, 0.15) is 0 Å². The lowest BCUT2D eigenvalue weighted by atomic mass is 9.96. The Bertz CT molecular complexity index is 1890. The molecule has 5 aromatic rings. The number of carbonyl (C=O) groups is 1. The fourth-order valence-corrected chi connectivity index (χ4v) is 8.38. The second-order valence-corrected chi connectivity index (χ2v) is 16.4. The first kappa shape index (κ1) is 42.5. The fourth-order valence-electron chi connectivity index (χ4n) is 8.38. The molecule has 2 N–H and O–H groups in total. The topological polar surface area (TPSA) is 71.0 Å². The van der Waals surface area contributed by atoms with Crippen molar-refractivity contribution in [2.45, 2.75) is 141 Å². The van der Waals surface area contributed by atoms with Crippen molar-refractivity contribution in [2.75, 3.05) is 13.6 Å². The molecule has 6 nitrogen and oxygen atoms in total. The summed E-state index contributed by atoms with van der Waals surface area (Å²) in [6.07, 6.45) is 17.5. The first-order valence-corrected chi connectivity index (χ1v) is 21.9. The molecular weight excluding hydrogens is 705 g/mol. The van der Waals surface area contributed by atoms with Crippen molar-refractivity contribution in [1.29, 1.82) is 0 Å². The van der Waals surface area contributed by atoms with Gasteiger partial charge in [-0.1, -0.05) is 181 Å². The summed E-state index contributed by atoms with van der Waals surface area (Å²) in [5.74, 6) is 0.125. The highest BCUT2D eigenvalue weighted by atomic mass is 16.7. The third-order valence-electron chi connectivity index (χ3n) is 11.7. The molecule has 0 spiro atoms. The van der Waals surface area contributed by atoms with Crippen molar-refractivity contribution in [1.82, 2.24) is 10.2 Å². The minimum atomic E-state index is -0.530. The summed E-state index contributed by atoms with van der Waals surface area (Å²) in [5.41, 5.74) is 5.31. The van der Waals surface area contributed by atoms with Crippen LogP contribution in [-0.2, 0) is 34.0 Å². The van der Waals surface area contributed by atoms with E-state index in [1.54, 1.807) is 0 Å². The Morgan fingerprint density at radius 1 is 0.684 bits per heavy atom. The number of fused-ring (bicyclic) bond motifs is 2. The van der Waals surface area contributed by atoms with Crippen LogP contribution in [0.2, 0.25) is 0 Å². The van der Waals surface area contributed by atoms with Gasteiger partial charge in [-0.25, -0.2) is 0 Å². The van der Waals surface area contributed by atoms with Crippen LogP contribution in [0.4, 0.5) is 0 Å². The normalized spacial score (nSPS) is 17.1. The minimum absolute atomic E-state index is 0.0139. The molecule has 0 saturated carbocycles. The van der Waals surface area contributed by atoms with E-state index in [1.165, 1.54) is 97.7 Å². The van der Waals surface area contributed by atoms with Gasteiger partial charge in [0.05, 0.1) is 18.8 Å². The number of carbonyl (C=O) groups excluding carboxylic acids is 1. The lowest BCUT2D eigenvalue weighted by molar-refractivity contribution is -0.252. The molecule has 0 aliphatic carbocycles. The highest BCUT2D eigenvalue weighted by Gasteiger charge is 2.33. The summed E-state index contributed by atoms with van der Waals surface area (Å²) >= 11 is 0. The van der Waals surface area contributed by atoms with Crippen molar-refractivity contribution in [3.8, 4) is 0 Å². The minimum Gasteiger partial charge on any atom is -0.392 e. The van der Waals surface area contributed by atoms with Crippen molar-refractivity contribution in [3.63, 3.8) is 0 Å². The van der Waals surface area contributed by atoms with Crippen LogP contribution in [0.15, 0.2) is 103 Å². The van der Waals surface area contributed by atoms with E-state index in [9.17, 15) is 9.90 Å². The number of nitrogens with one attached hydrogen (secondary N) is 1. The molecule has 1 saturated heterocycles. The molecule has 0 bridgehead atoms. The number of rotatable bonds is 23. The van der Waals surface area contributed by atoms with Gasteiger partial charge in [0.2, 0.25) is 5.91 Å². The number of unbranched alkanes of at least 4 members (excludes halogenated alkanes) is 12. The molecule has 0 radical (unpaired) electrons. The zero-order valence-electron chi connectivity index (χ0n) is 34.6. The smallest absolute Gasteiger partial charge is 0.220 e. The predicted octanol–water partition coefficient (Wildman–Crippen LogP) is 12.3. The van der Waals surface area contributed by atoms with Crippen LogP contribution >= 0.6 is 0 Å². The number of benzene rings is 5. The molecule has 1 fully saturated rings. The SMILES string of the molecule is CCCCCCCCCCCCCCCC(=O)NCc1ccc(C2O[C@H](CN(C)Cc3c4ccccc4cc4ccccc34)C[C@H](c3ccc(CO)cc3)O2)cc1. The van der Waals surface area contributed by atoms with E-state index in [0.717, 1.165) is 54.6 Å². The van der Waals surface area contributed by atoms with E-state index in [4.69, 9.17) is 9.47 Å². The van der Waals surface area contributed by atoms with E-state index in [1.807, 2.05) is 12.1 Å². The van der Waals surface area contributed by atoms with Gasteiger partial charge in [0.15, 0.2) is 6.29 Å². The van der Waals surface area contributed by atoms with Crippen molar-refractivity contribution in [3.05, 3.63) is 131 Å². The molecule has 1 amide bonds. The maximum atomic E-state index is 12.6. The van der Waals surface area contributed by atoms with Crippen LogP contribution in [0.3, 0.4) is 0 Å². The summed E-state index contributed by atoms with van der Waals surface area (Å²) in [5, 5.41) is 17.9. The van der Waals surface area contributed by atoms with E-state index >= 15 is 0 Å². The molecule has 3 atom stereocenters. The molecule has 304 valence electrons. The van der Waals surface area contributed by atoms with Gasteiger partial charge in [-0.05, 0) is 63.3 Å². The van der Waals surface area contributed by atoms with E-state index in [0.29, 0.717) is 13.0 Å². The second kappa shape index (κ2) is 22.8. The van der Waals surface area contributed by atoms with E-state index < -0.39 is 6.29 Å². The van der Waals surface area contributed by atoms with Gasteiger partial charge in [0, 0.05) is 38.0 Å². The number of hydrogen-bond acceptors (Lipinski definition) is 5. The Labute approximate surface area is 342 Å². The van der Waals surface area contributed by atoms with Crippen molar-refractivity contribution in [2.24, 2.45) is 0 Å². The first-order chi connectivity index (χ1) is 28.0. The molecule has 57 heavy (non-hydrogen) atoms. The van der Waals surface area contributed by atoms with Gasteiger partial charge < -0.3 is 19.9 Å². The van der Waals surface area contributed by atoms with Gasteiger partial charge in [0.25, 0.3) is 0 Å². The predicted molar refractivity (Wildman–Crippen MR) is 235 cm³/mol. The zero-order valence-corrected chi connectivity index (χ0v) is 34.6. The highest BCUT2D eigenvalue weighted by Crippen LogP contribution is 2.39. The summed E-state index contributed by atoms with van der Waals surface area (Å²) in [6, 6.07) is 35.9. The third-order valence-corrected chi connectivity index (χ3v) is 11.7. The Kier molecular flexibility index (Phi) is 17.0. The van der Waals surface area contributed by atoms with Gasteiger partial charge in [-0.15, -0.1) is 0 Å². The van der Waals surface area contributed by atoms with Crippen LogP contribution < -0.4 is 5.32 Å². The van der Waals surface area contributed by atoms with Crippen LogP contribution in [-0.4, -0.2) is 35.6 Å². The quantitative estimate of drug-likeness (QED) is 0.0511. The van der Waals surface area contributed by atoms with Gasteiger partial charge >= 0.3 is 0 Å². The molecule has 1 aliphatic rings. The van der Waals surface area contributed by atoms with E-state index in [-0.39, 0.29) is 24.7 Å². The third kappa shape index (κ3) is 13.0. The number of likely N-dealkylation sites (N-methyl/N-ethyl adjacent to an activating group) is 1. The Morgan fingerprint density at radius 3 is 1.82 bits per heavy atom. The molecule has 1 aliphatic heterocycles. The van der Waals surface area contributed by atoms with Crippen LogP contribution in [0.1, 0.15) is 143 Å². The number of amides is 1. The Morgan fingerprint density at radius 2 is 1.23 bits per heavy atom. The highest BCUT2D eigenvalue weighted by molar-refractivity contribution is 6.02. The molecule has 6 heteroatoms. The van der Waals surface area contributed by atoms with Crippen molar-refractivity contribution >= 4 is 27.5 Å². The summed E-state index contributed by atoms with van der Waals surface area (Å²) in [4.78, 5) is 15.0. The summed E-state index contributed by atoms with van der Waals surface area (Å²) in [7, 11) is 2.18. The average molecular weight is 771 g/mol. The number of ether oxygens (including phenoxy) is 2. The molecular formula is C51H66N2O4. The number of aliphatic hydroxyl groups is 1. The summed E-state index contributed by atoms with van der Waals surface area (Å²) < 4.78 is 13.4. The van der Waals surface area contributed by atoms with Gasteiger partial charge in [-0.3, -0.25) is 9.69 Å². The van der Waals surface area contributed by atoms with Crippen LogP contribution in [0.5, 0.6) is 0 Å².